The number of fused-ring (bicyclic) bond motifs is 1. The largest absolute Gasteiger partial charge is 0.459 e. The lowest BCUT2D eigenvalue weighted by Gasteiger charge is -2.34. The standard InChI is InChI=1S/C33H43N3O3S/c1-33(2,3)39-29(37)23-36-28-18-11-10-17-27(28)34-32(36)40-22-12-21-35(26-19-20-26)31(38)30(24-13-6-4-7-14-24)25-15-8-5-9-16-25/h4,6-7,10-11,13-14,17-18,25-26,30H,5,8-9,12,15-16,19-23H2,1-3H3. The zero-order chi connectivity index (χ0) is 28.1. The van der Waals surface area contributed by atoms with Crippen LogP contribution in [-0.4, -0.2) is 50.3 Å². The Kier molecular flexibility index (Phi) is 9.19. The summed E-state index contributed by atoms with van der Waals surface area (Å²) in [4.78, 5) is 33.9. The summed E-state index contributed by atoms with van der Waals surface area (Å²) < 4.78 is 7.56. The molecule has 5 rings (SSSR count). The van der Waals surface area contributed by atoms with Gasteiger partial charge in [0.2, 0.25) is 5.91 Å². The summed E-state index contributed by atoms with van der Waals surface area (Å²) >= 11 is 1.66. The van der Waals surface area contributed by atoms with E-state index in [1.807, 2.05) is 55.7 Å². The Hall–Kier alpha value is -2.80. The van der Waals surface area contributed by atoms with Crippen LogP contribution in [-0.2, 0) is 20.9 Å². The summed E-state index contributed by atoms with van der Waals surface area (Å²) in [7, 11) is 0. The smallest absolute Gasteiger partial charge is 0.326 e. The molecule has 2 saturated carbocycles. The van der Waals surface area contributed by atoms with E-state index in [4.69, 9.17) is 9.72 Å². The van der Waals surface area contributed by atoms with Gasteiger partial charge in [0, 0.05) is 18.3 Å². The van der Waals surface area contributed by atoms with Crippen LogP contribution in [0.4, 0.5) is 0 Å². The number of aromatic nitrogens is 2. The Bertz CT molecular complexity index is 1290. The first-order valence-electron chi connectivity index (χ1n) is 15.0. The van der Waals surface area contributed by atoms with Gasteiger partial charge in [-0.3, -0.25) is 9.59 Å². The fourth-order valence-electron chi connectivity index (χ4n) is 6.00. The van der Waals surface area contributed by atoms with Crippen LogP contribution in [0.2, 0.25) is 0 Å². The van der Waals surface area contributed by atoms with Gasteiger partial charge in [-0.25, -0.2) is 4.98 Å². The van der Waals surface area contributed by atoms with Crippen LogP contribution in [0.5, 0.6) is 0 Å². The van der Waals surface area contributed by atoms with Crippen LogP contribution in [0, 0.1) is 5.92 Å². The highest BCUT2D eigenvalue weighted by Crippen LogP contribution is 2.40. The molecule has 2 aliphatic rings. The molecule has 2 aliphatic carbocycles. The molecule has 0 saturated heterocycles. The van der Waals surface area contributed by atoms with Gasteiger partial charge in [0.25, 0.3) is 0 Å². The van der Waals surface area contributed by atoms with Crippen LogP contribution >= 0.6 is 11.8 Å². The Balaban J connectivity index is 1.26. The number of esters is 1. The van der Waals surface area contributed by atoms with Gasteiger partial charge in [-0.1, -0.05) is 73.5 Å². The van der Waals surface area contributed by atoms with Crippen LogP contribution in [0.15, 0.2) is 59.8 Å². The molecule has 1 heterocycles. The number of imidazole rings is 1. The fraction of sp³-hybridized carbons (Fsp3) is 0.545. The lowest BCUT2D eigenvalue weighted by molar-refractivity contribution is -0.155. The molecule has 1 unspecified atom stereocenters. The summed E-state index contributed by atoms with van der Waals surface area (Å²) in [5.41, 5.74) is 2.45. The second-order valence-electron chi connectivity index (χ2n) is 12.3. The maximum Gasteiger partial charge on any atom is 0.326 e. The molecule has 0 radical (unpaired) electrons. The third-order valence-corrected chi connectivity index (χ3v) is 8.98. The molecule has 3 aromatic rings. The zero-order valence-corrected chi connectivity index (χ0v) is 25.0. The van der Waals surface area contributed by atoms with Crippen LogP contribution in [0.3, 0.4) is 0 Å². The number of carbonyl (C=O) groups excluding carboxylic acids is 2. The number of carbonyl (C=O) groups is 2. The van der Waals surface area contributed by atoms with Gasteiger partial charge in [0.05, 0.1) is 17.0 Å². The van der Waals surface area contributed by atoms with E-state index in [-0.39, 0.29) is 18.4 Å². The molecule has 7 heteroatoms. The monoisotopic (exact) mass is 561 g/mol. The fourth-order valence-corrected chi connectivity index (χ4v) is 6.94. The highest BCUT2D eigenvalue weighted by atomic mass is 32.2. The molecule has 0 N–H and O–H groups in total. The third kappa shape index (κ3) is 7.28. The molecule has 214 valence electrons. The van der Waals surface area contributed by atoms with Crippen LogP contribution < -0.4 is 0 Å². The summed E-state index contributed by atoms with van der Waals surface area (Å²) in [6.07, 6.45) is 9.13. The van der Waals surface area contributed by atoms with Gasteiger partial charge in [0.15, 0.2) is 5.16 Å². The number of ether oxygens (including phenoxy) is 1. The molecule has 40 heavy (non-hydrogen) atoms. The minimum absolute atomic E-state index is 0.0345. The molecular weight excluding hydrogens is 518 g/mol. The van der Waals surface area contributed by atoms with Crippen molar-refractivity contribution in [3.8, 4) is 0 Å². The number of thioether (sulfide) groups is 1. The Labute approximate surface area is 242 Å². The van der Waals surface area contributed by atoms with E-state index in [1.165, 1.54) is 24.8 Å². The van der Waals surface area contributed by atoms with Crippen molar-refractivity contribution in [2.45, 2.75) is 101 Å². The first-order valence-corrected chi connectivity index (χ1v) is 15.9. The summed E-state index contributed by atoms with van der Waals surface area (Å²) in [5.74, 6) is 1.29. The van der Waals surface area contributed by atoms with E-state index < -0.39 is 5.60 Å². The molecule has 0 aliphatic heterocycles. The first kappa shape index (κ1) is 28.7. The van der Waals surface area contributed by atoms with Crippen molar-refractivity contribution in [3.05, 3.63) is 60.2 Å². The summed E-state index contributed by atoms with van der Waals surface area (Å²) in [6, 6.07) is 18.8. The second kappa shape index (κ2) is 12.8. The molecule has 2 fully saturated rings. The average molecular weight is 562 g/mol. The van der Waals surface area contributed by atoms with Crippen LogP contribution in [0.25, 0.3) is 11.0 Å². The number of amides is 1. The van der Waals surface area contributed by atoms with Crippen molar-refractivity contribution in [1.29, 1.82) is 0 Å². The van der Waals surface area contributed by atoms with Crippen molar-refractivity contribution in [3.63, 3.8) is 0 Å². The van der Waals surface area contributed by atoms with Crippen LogP contribution in [0.1, 0.15) is 83.6 Å². The molecule has 1 atom stereocenters. The molecule has 0 spiro atoms. The van der Waals surface area contributed by atoms with Crippen molar-refractivity contribution in [2.24, 2.45) is 5.92 Å². The summed E-state index contributed by atoms with van der Waals surface area (Å²) in [5, 5.41) is 0.820. The zero-order valence-electron chi connectivity index (χ0n) is 24.2. The topological polar surface area (TPSA) is 64.4 Å². The number of para-hydroxylation sites is 2. The molecule has 0 bridgehead atoms. The SMILES string of the molecule is CC(C)(C)OC(=O)Cn1c(SCCCN(C(=O)C(c2ccccc2)C2CCCCC2)C2CC2)nc2ccccc21. The second-order valence-corrected chi connectivity index (χ2v) is 13.4. The van der Waals surface area contributed by atoms with Crippen molar-refractivity contribution < 1.29 is 14.3 Å². The Morgan fingerprint density at radius 3 is 2.40 bits per heavy atom. The predicted molar refractivity (Wildman–Crippen MR) is 161 cm³/mol. The number of benzene rings is 2. The predicted octanol–water partition coefficient (Wildman–Crippen LogP) is 7.22. The Morgan fingerprint density at radius 2 is 1.70 bits per heavy atom. The van der Waals surface area contributed by atoms with E-state index in [0.29, 0.717) is 17.9 Å². The number of rotatable bonds is 11. The van der Waals surface area contributed by atoms with Crippen molar-refractivity contribution in [2.75, 3.05) is 12.3 Å². The lowest BCUT2D eigenvalue weighted by atomic mass is 9.76. The van der Waals surface area contributed by atoms with Gasteiger partial charge in [0.1, 0.15) is 12.1 Å². The van der Waals surface area contributed by atoms with E-state index in [0.717, 1.165) is 60.6 Å². The lowest BCUT2D eigenvalue weighted by Crippen LogP contribution is -2.40. The average Bonchev–Trinajstić information content (AvgIpc) is 3.71. The van der Waals surface area contributed by atoms with Gasteiger partial charge >= 0.3 is 5.97 Å². The minimum atomic E-state index is -0.533. The maximum atomic E-state index is 14.1. The quantitative estimate of drug-likeness (QED) is 0.141. The highest BCUT2D eigenvalue weighted by Gasteiger charge is 2.39. The van der Waals surface area contributed by atoms with E-state index >= 15 is 0 Å². The van der Waals surface area contributed by atoms with Crippen molar-refractivity contribution >= 4 is 34.7 Å². The normalized spacial score (nSPS) is 17.1. The number of nitrogens with zero attached hydrogens (tertiary/aromatic N) is 3. The van der Waals surface area contributed by atoms with E-state index in [1.54, 1.807) is 11.8 Å². The molecule has 1 aromatic heterocycles. The van der Waals surface area contributed by atoms with Gasteiger partial charge in [-0.05, 0) is 76.5 Å². The van der Waals surface area contributed by atoms with Gasteiger partial charge < -0.3 is 14.2 Å². The maximum absolute atomic E-state index is 14.1. The van der Waals surface area contributed by atoms with Crippen molar-refractivity contribution in [1.82, 2.24) is 14.5 Å². The highest BCUT2D eigenvalue weighted by molar-refractivity contribution is 7.99. The van der Waals surface area contributed by atoms with Gasteiger partial charge in [-0.2, -0.15) is 0 Å². The molecule has 6 nitrogen and oxygen atoms in total. The molecular formula is C33H43N3O3S. The number of hydrogen-bond donors (Lipinski definition) is 0. The van der Waals surface area contributed by atoms with E-state index in [9.17, 15) is 9.59 Å². The summed E-state index contributed by atoms with van der Waals surface area (Å²) in [6.45, 7) is 6.55. The van der Waals surface area contributed by atoms with Gasteiger partial charge in [-0.15, -0.1) is 0 Å². The first-order chi connectivity index (χ1) is 19.3. The molecule has 1 amide bonds. The minimum Gasteiger partial charge on any atom is -0.459 e. The third-order valence-electron chi connectivity index (χ3n) is 7.92. The molecule has 2 aromatic carbocycles. The Morgan fingerprint density at radius 1 is 1.00 bits per heavy atom. The van der Waals surface area contributed by atoms with E-state index in [2.05, 4.69) is 29.2 Å². The number of hydrogen-bond acceptors (Lipinski definition) is 5.